The normalized spacial score (nSPS) is 10.9. The van der Waals surface area contributed by atoms with Crippen molar-refractivity contribution in [1.82, 2.24) is 9.97 Å². The summed E-state index contributed by atoms with van der Waals surface area (Å²) in [5.41, 5.74) is 0.938. The number of hydrogen-bond acceptors (Lipinski definition) is 4. The summed E-state index contributed by atoms with van der Waals surface area (Å²) in [6.45, 7) is 1.68. The van der Waals surface area contributed by atoms with Crippen LogP contribution in [0.15, 0.2) is 34.4 Å². The van der Waals surface area contributed by atoms with Crippen LogP contribution < -0.4 is 10.3 Å². The third-order valence-corrected chi connectivity index (χ3v) is 3.79. The molecule has 102 valence electrons. The maximum absolute atomic E-state index is 13.8. The third kappa shape index (κ3) is 2.30. The molecule has 0 atom stereocenters. The van der Waals surface area contributed by atoms with Crippen LogP contribution in [0.1, 0.15) is 11.4 Å². The predicted octanol–water partition coefficient (Wildman–Crippen LogP) is 3.01. The number of aryl methyl sites for hydroxylation is 1. The third-order valence-electron chi connectivity index (χ3n) is 2.88. The number of nitrogens with zero attached hydrogens (tertiary/aromatic N) is 1. The van der Waals surface area contributed by atoms with Crippen LogP contribution in [0, 0.1) is 12.7 Å². The molecule has 20 heavy (non-hydrogen) atoms. The van der Waals surface area contributed by atoms with Gasteiger partial charge in [0.2, 0.25) is 0 Å². The summed E-state index contributed by atoms with van der Waals surface area (Å²) in [6.07, 6.45) is 0. The number of thiophene rings is 1. The number of benzene rings is 1. The minimum absolute atomic E-state index is 0.0153. The lowest BCUT2D eigenvalue weighted by molar-refractivity contribution is 0.280. The Bertz CT molecular complexity index is 825. The first-order chi connectivity index (χ1) is 9.65. The van der Waals surface area contributed by atoms with Crippen molar-refractivity contribution in [2.24, 2.45) is 0 Å². The van der Waals surface area contributed by atoms with Gasteiger partial charge in [0.05, 0.1) is 5.52 Å². The maximum Gasteiger partial charge on any atom is 0.268 e. The van der Waals surface area contributed by atoms with Crippen molar-refractivity contribution < 1.29 is 9.13 Å². The molecule has 1 aromatic carbocycles. The fourth-order valence-corrected chi connectivity index (χ4v) is 2.59. The Hall–Kier alpha value is -2.21. The first-order valence-electron chi connectivity index (χ1n) is 5.99. The van der Waals surface area contributed by atoms with E-state index in [1.54, 1.807) is 36.6 Å². The predicted molar refractivity (Wildman–Crippen MR) is 75.7 cm³/mol. The summed E-state index contributed by atoms with van der Waals surface area (Å²) in [6, 6.07) is 6.70. The number of aromatic nitrogens is 2. The Morgan fingerprint density at radius 1 is 1.40 bits per heavy atom. The molecule has 0 amide bonds. The van der Waals surface area contributed by atoms with E-state index in [-0.39, 0.29) is 17.9 Å². The highest BCUT2D eigenvalue weighted by Gasteiger charge is 2.08. The number of fused-ring (bicyclic) bond motifs is 1. The summed E-state index contributed by atoms with van der Waals surface area (Å²) in [7, 11) is 0. The van der Waals surface area contributed by atoms with E-state index in [1.807, 2.05) is 0 Å². The molecule has 4 nitrogen and oxygen atoms in total. The molecule has 0 aliphatic rings. The quantitative estimate of drug-likeness (QED) is 0.806. The average molecular weight is 290 g/mol. The molecule has 0 aliphatic heterocycles. The lowest BCUT2D eigenvalue weighted by Crippen LogP contribution is -2.12. The molecule has 3 rings (SSSR count). The zero-order chi connectivity index (χ0) is 14.1. The first kappa shape index (κ1) is 12.8. The van der Waals surface area contributed by atoms with E-state index < -0.39 is 5.82 Å². The van der Waals surface area contributed by atoms with Crippen molar-refractivity contribution in [1.29, 1.82) is 0 Å². The summed E-state index contributed by atoms with van der Waals surface area (Å²) >= 11 is 1.33. The number of H-pyrrole nitrogens is 1. The lowest BCUT2D eigenvalue weighted by atomic mass is 10.2. The van der Waals surface area contributed by atoms with E-state index in [0.29, 0.717) is 21.6 Å². The van der Waals surface area contributed by atoms with Crippen LogP contribution in [0.5, 0.6) is 5.75 Å². The van der Waals surface area contributed by atoms with Crippen LogP contribution in [-0.2, 0) is 6.61 Å². The van der Waals surface area contributed by atoms with E-state index in [2.05, 4.69) is 9.97 Å². The van der Waals surface area contributed by atoms with E-state index in [9.17, 15) is 9.18 Å². The number of rotatable bonds is 3. The SMILES string of the molecule is Cc1cccc(OCc2nc3ccsc3c(=O)[nH]2)c1F. The van der Waals surface area contributed by atoms with Gasteiger partial charge in [-0.05, 0) is 30.0 Å². The molecule has 0 aliphatic carbocycles. The largest absolute Gasteiger partial charge is 0.483 e. The minimum atomic E-state index is -0.397. The van der Waals surface area contributed by atoms with Crippen LogP contribution >= 0.6 is 11.3 Å². The van der Waals surface area contributed by atoms with E-state index in [4.69, 9.17) is 4.74 Å². The molecule has 6 heteroatoms. The summed E-state index contributed by atoms with van der Waals surface area (Å²) in [5.74, 6) is 0.131. The Morgan fingerprint density at radius 3 is 3.10 bits per heavy atom. The lowest BCUT2D eigenvalue weighted by Gasteiger charge is -2.08. The Kier molecular flexibility index (Phi) is 3.23. The van der Waals surface area contributed by atoms with Gasteiger partial charge in [-0.3, -0.25) is 4.79 Å². The zero-order valence-corrected chi connectivity index (χ0v) is 11.5. The highest BCUT2D eigenvalue weighted by atomic mass is 32.1. The van der Waals surface area contributed by atoms with Gasteiger partial charge in [0.25, 0.3) is 5.56 Å². The second-order valence-electron chi connectivity index (χ2n) is 4.32. The second kappa shape index (κ2) is 5.05. The van der Waals surface area contributed by atoms with Crippen molar-refractivity contribution in [3.8, 4) is 5.75 Å². The smallest absolute Gasteiger partial charge is 0.268 e. The van der Waals surface area contributed by atoms with Gasteiger partial charge in [0.15, 0.2) is 11.6 Å². The van der Waals surface area contributed by atoms with Crippen molar-refractivity contribution in [3.63, 3.8) is 0 Å². The molecule has 3 aromatic rings. The Labute approximate surface area is 117 Å². The molecule has 2 aromatic heterocycles. The molecule has 1 N–H and O–H groups in total. The molecule has 0 radical (unpaired) electrons. The molecule has 2 heterocycles. The van der Waals surface area contributed by atoms with Crippen LogP contribution in [-0.4, -0.2) is 9.97 Å². The van der Waals surface area contributed by atoms with Gasteiger partial charge >= 0.3 is 0 Å². The van der Waals surface area contributed by atoms with Crippen LogP contribution in [0.2, 0.25) is 0 Å². The van der Waals surface area contributed by atoms with Crippen LogP contribution in [0.3, 0.4) is 0 Å². The van der Waals surface area contributed by atoms with Gasteiger partial charge in [-0.15, -0.1) is 11.3 Å². The Balaban J connectivity index is 1.86. The minimum Gasteiger partial charge on any atom is -0.483 e. The van der Waals surface area contributed by atoms with Gasteiger partial charge in [-0.25, -0.2) is 9.37 Å². The summed E-state index contributed by atoms with van der Waals surface area (Å²) < 4.78 is 19.7. The van der Waals surface area contributed by atoms with Crippen molar-refractivity contribution in [3.05, 3.63) is 57.2 Å². The van der Waals surface area contributed by atoms with Gasteiger partial charge in [-0.1, -0.05) is 12.1 Å². The van der Waals surface area contributed by atoms with Crippen molar-refractivity contribution in [2.75, 3.05) is 0 Å². The molecule has 0 fully saturated rings. The number of halogens is 1. The van der Waals surface area contributed by atoms with E-state index >= 15 is 0 Å². The summed E-state index contributed by atoms with van der Waals surface area (Å²) in [5, 5.41) is 1.80. The number of nitrogens with one attached hydrogen (secondary N) is 1. The van der Waals surface area contributed by atoms with Gasteiger partial charge < -0.3 is 9.72 Å². The van der Waals surface area contributed by atoms with Gasteiger partial charge in [0, 0.05) is 0 Å². The number of hydrogen-bond donors (Lipinski definition) is 1. The highest BCUT2D eigenvalue weighted by Crippen LogP contribution is 2.20. The molecule has 0 unspecified atom stereocenters. The van der Waals surface area contributed by atoms with E-state index in [1.165, 1.54) is 11.3 Å². The van der Waals surface area contributed by atoms with Crippen LogP contribution in [0.25, 0.3) is 10.2 Å². The molecular formula is C14H11FN2O2S. The number of ether oxygens (including phenoxy) is 1. The molecule has 0 saturated heterocycles. The van der Waals surface area contributed by atoms with Crippen molar-refractivity contribution in [2.45, 2.75) is 13.5 Å². The Morgan fingerprint density at radius 2 is 2.25 bits per heavy atom. The first-order valence-corrected chi connectivity index (χ1v) is 6.87. The van der Waals surface area contributed by atoms with Gasteiger partial charge in [0.1, 0.15) is 17.1 Å². The number of aromatic amines is 1. The highest BCUT2D eigenvalue weighted by molar-refractivity contribution is 7.17. The topological polar surface area (TPSA) is 55.0 Å². The molecular weight excluding hydrogens is 279 g/mol. The fraction of sp³-hybridized carbons (Fsp3) is 0.143. The van der Waals surface area contributed by atoms with Crippen molar-refractivity contribution >= 4 is 21.6 Å². The second-order valence-corrected chi connectivity index (χ2v) is 5.24. The zero-order valence-electron chi connectivity index (χ0n) is 10.6. The molecule has 0 bridgehead atoms. The van der Waals surface area contributed by atoms with Crippen LogP contribution in [0.4, 0.5) is 4.39 Å². The molecule has 0 spiro atoms. The standard InChI is InChI=1S/C14H11FN2O2S/c1-8-3-2-4-10(12(8)15)19-7-11-16-9-5-6-20-13(9)14(18)17-11/h2-6H,7H2,1H3,(H,16,17,18). The van der Waals surface area contributed by atoms with E-state index in [0.717, 1.165) is 0 Å². The summed E-state index contributed by atoms with van der Waals surface area (Å²) in [4.78, 5) is 18.7. The monoisotopic (exact) mass is 290 g/mol. The molecule has 0 saturated carbocycles. The fourth-order valence-electron chi connectivity index (χ4n) is 1.87. The maximum atomic E-state index is 13.8. The van der Waals surface area contributed by atoms with Gasteiger partial charge in [-0.2, -0.15) is 0 Å². The average Bonchev–Trinajstić information content (AvgIpc) is 2.89.